The number of hydrogen-bond donors (Lipinski definition) is 3. The first-order valence-electron chi connectivity index (χ1n) is 6.08. The fourth-order valence-electron chi connectivity index (χ4n) is 1.90. The number of aryl methyl sites for hydroxylation is 1. The lowest BCUT2D eigenvalue weighted by atomic mass is 10.1. The topological polar surface area (TPSA) is 67.1 Å². The highest BCUT2D eigenvalue weighted by Crippen LogP contribution is 2.36. The number of nitrogens with one attached hydrogen (secondary N) is 2. The minimum absolute atomic E-state index is 0.00493. The summed E-state index contributed by atoms with van der Waals surface area (Å²) in [5, 5.41) is 5.88. The minimum Gasteiger partial charge on any atom is -0.386 e. The number of benzene rings is 1. The molecule has 4 nitrogen and oxygen atoms in total. The van der Waals surface area contributed by atoms with Gasteiger partial charge >= 0.3 is 0 Å². The lowest BCUT2D eigenvalue weighted by Crippen LogP contribution is -2.46. The first kappa shape index (κ1) is 12.5. The van der Waals surface area contributed by atoms with Crippen molar-refractivity contribution in [1.29, 1.82) is 0 Å². The van der Waals surface area contributed by atoms with Gasteiger partial charge in [-0.3, -0.25) is 4.79 Å². The van der Waals surface area contributed by atoms with Crippen LogP contribution in [0.2, 0.25) is 0 Å². The van der Waals surface area contributed by atoms with Crippen LogP contribution in [0, 0.1) is 6.92 Å². The average molecular weight is 245 g/mol. The second-order valence-corrected chi connectivity index (χ2v) is 4.90. The van der Waals surface area contributed by atoms with E-state index in [0.717, 1.165) is 18.4 Å². The van der Waals surface area contributed by atoms with Crippen LogP contribution >= 0.6 is 0 Å². The van der Waals surface area contributed by atoms with E-state index < -0.39 is 5.54 Å². The molecule has 1 fully saturated rings. The Hall–Kier alpha value is -1.97. The quantitative estimate of drug-likeness (QED) is 0.729. The largest absolute Gasteiger partial charge is 0.386 e. The Labute approximate surface area is 107 Å². The fraction of sp³-hybridized carbons (Fsp3) is 0.357. The van der Waals surface area contributed by atoms with Crippen LogP contribution in [0.4, 0.5) is 0 Å². The monoisotopic (exact) mass is 245 g/mol. The van der Waals surface area contributed by atoms with Crippen LogP contribution in [0.5, 0.6) is 0 Å². The predicted molar refractivity (Wildman–Crippen MR) is 71.5 cm³/mol. The Morgan fingerprint density at radius 1 is 1.39 bits per heavy atom. The molecule has 96 valence electrons. The highest BCUT2D eigenvalue weighted by molar-refractivity contribution is 5.89. The van der Waals surface area contributed by atoms with E-state index in [1.165, 1.54) is 5.56 Å². The molecule has 0 spiro atoms. The standard InChI is InChI=1S/C14H19N3O/c1-10-3-5-12(6-4-10)9-16-13(18)14(7-8-14)17-11(2)15/h3-6,17H,2,7-9,15H2,1H3,(H,16,18). The molecule has 1 amide bonds. The molecule has 0 aliphatic heterocycles. The van der Waals surface area contributed by atoms with Crippen molar-refractivity contribution in [3.05, 3.63) is 47.8 Å². The number of amides is 1. The molecule has 2 rings (SSSR count). The van der Waals surface area contributed by atoms with E-state index in [-0.39, 0.29) is 5.91 Å². The average Bonchev–Trinajstić information content (AvgIpc) is 3.08. The number of hydrogen-bond acceptors (Lipinski definition) is 3. The van der Waals surface area contributed by atoms with Gasteiger partial charge in [-0.05, 0) is 25.3 Å². The van der Waals surface area contributed by atoms with Crippen LogP contribution in [0.25, 0.3) is 0 Å². The van der Waals surface area contributed by atoms with Gasteiger partial charge in [-0.15, -0.1) is 0 Å². The summed E-state index contributed by atoms with van der Waals surface area (Å²) >= 11 is 0. The SMILES string of the molecule is C=C(N)NC1(C(=O)NCc2ccc(C)cc2)CC1. The number of rotatable bonds is 5. The molecule has 1 saturated carbocycles. The Bertz CT molecular complexity index is 460. The summed E-state index contributed by atoms with van der Waals surface area (Å²) in [7, 11) is 0. The molecule has 4 heteroatoms. The van der Waals surface area contributed by atoms with Crippen LogP contribution < -0.4 is 16.4 Å². The van der Waals surface area contributed by atoms with E-state index in [4.69, 9.17) is 5.73 Å². The Morgan fingerprint density at radius 2 is 2.00 bits per heavy atom. The van der Waals surface area contributed by atoms with Gasteiger partial charge in [0.25, 0.3) is 0 Å². The molecular weight excluding hydrogens is 226 g/mol. The van der Waals surface area contributed by atoms with E-state index in [0.29, 0.717) is 12.4 Å². The molecule has 1 aliphatic carbocycles. The Morgan fingerprint density at radius 3 is 2.50 bits per heavy atom. The molecule has 0 aromatic heterocycles. The summed E-state index contributed by atoms with van der Waals surface area (Å²) in [5.41, 5.74) is 7.28. The second kappa shape index (κ2) is 4.72. The van der Waals surface area contributed by atoms with E-state index in [1.54, 1.807) is 0 Å². The van der Waals surface area contributed by atoms with Crippen molar-refractivity contribution in [2.45, 2.75) is 31.8 Å². The Kier molecular flexibility index (Phi) is 3.28. The number of carbonyl (C=O) groups excluding carboxylic acids is 1. The predicted octanol–water partition coefficient (Wildman–Crippen LogP) is 1.16. The van der Waals surface area contributed by atoms with Crippen molar-refractivity contribution in [2.24, 2.45) is 5.73 Å². The summed E-state index contributed by atoms with van der Waals surface area (Å²) < 4.78 is 0. The highest BCUT2D eigenvalue weighted by atomic mass is 16.2. The van der Waals surface area contributed by atoms with Gasteiger partial charge in [0.05, 0.1) is 5.82 Å². The van der Waals surface area contributed by atoms with E-state index in [2.05, 4.69) is 17.2 Å². The molecule has 0 bridgehead atoms. The van der Waals surface area contributed by atoms with Gasteiger partial charge < -0.3 is 16.4 Å². The first-order valence-corrected chi connectivity index (χ1v) is 6.08. The van der Waals surface area contributed by atoms with Gasteiger partial charge in [0.2, 0.25) is 5.91 Å². The van der Waals surface area contributed by atoms with Crippen molar-refractivity contribution in [2.75, 3.05) is 0 Å². The summed E-state index contributed by atoms with van der Waals surface area (Å²) in [4.78, 5) is 12.0. The molecule has 0 unspecified atom stereocenters. The molecule has 4 N–H and O–H groups in total. The van der Waals surface area contributed by atoms with E-state index in [1.807, 2.05) is 31.2 Å². The van der Waals surface area contributed by atoms with Crippen molar-refractivity contribution in [3.63, 3.8) is 0 Å². The summed E-state index contributed by atoms with van der Waals surface area (Å²) in [6, 6.07) is 8.11. The van der Waals surface area contributed by atoms with Gasteiger partial charge in [-0.2, -0.15) is 0 Å². The lowest BCUT2D eigenvalue weighted by Gasteiger charge is -2.17. The number of carbonyl (C=O) groups is 1. The maximum absolute atomic E-state index is 12.0. The molecule has 1 aromatic rings. The molecular formula is C14H19N3O. The number of nitrogens with two attached hydrogens (primary N) is 1. The first-order chi connectivity index (χ1) is 8.52. The van der Waals surface area contributed by atoms with E-state index >= 15 is 0 Å². The van der Waals surface area contributed by atoms with Gasteiger partial charge in [-0.1, -0.05) is 36.4 Å². The molecule has 1 aromatic carbocycles. The van der Waals surface area contributed by atoms with Crippen LogP contribution in [-0.2, 0) is 11.3 Å². The minimum atomic E-state index is -0.517. The summed E-state index contributed by atoms with van der Waals surface area (Å²) in [6.07, 6.45) is 1.62. The molecule has 1 aliphatic rings. The molecule has 0 atom stereocenters. The van der Waals surface area contributed by atoms with Crippen LogP contribution in [0.15, 0.2) is 36.7 Å². The summed E-state index contributed by atoms with van der Waals surface area (Å²) in [5.74, 6) is 0.340. The van der Waals surface area contributed by atoms with Gasteiger partial charge in [0, 0.05) is 6.54 Å². The third kappa shape index (κ3) is 2.83. The normalized spacial score (nSPS) is 15.8. The maximum Gasteiger partial charge on any atom is 0.245 e. The zero-order chi connectivity index (χ0) is 13.2. The highest BCUT2D eigenvalue weighted by Gasteiger charge is 2.49. The fourth-order valence-corrected chi connectivity index (χ4v) is 1.90. The zero-order valence-corrected chi connectivity index (χ0v) is 10.6. The van der Waals surface area contributed by atoms with Crippen LogP contribution in [0.1, 0.15) is 24.0 Å². The lowest BCUT2D eigenvalue weighted by molar-refractivity contribution is -0.124. The van der Waals surface area contributed by atoms with Gasteiger partial charge in [0.15, 0.2) is 0 Å². The molecule has 0 heterocycles. The zero-order valence-electron chi connectivity index (χ0n) is 10.6. The summed E-state index contributed by atoms with van der Waals surface area (Å²) in [6.45, 7) is 6.16. The Balaban J connectivity index is 1.89. The van der Waals surface area contributed by atoms with Crippen molar-refractivity contribution in [1.82, 2.24) is 10.6 Å². The molecule has 0 saturated heterocycles. The van der Waals surface area contributed by atoms with Gasteiger partial charge in [-0.25, -0.2) is 0 Å². The third-order valence-corrected chi connectivity index (χ3v) is 3.16. The van der Waals surface area contributed by atoms with Gasteiger partial charge in [0.1, 0.15) is 5.54 Å². The van der Waals surface area contributed by atoms with Crippen molar-refractivity contribution in [3.8, 4) is 0 Å². The smallest absolute Gasteiger partial charge is 0.245 e. The van der Waals surface area contributed by atoms with E-state index in [9.17, 15) is 4.79 Å². The van der Waals surface area contributed by atoms with Crippen molar-refractivity contribution >= 4 is 5.91 Å². The molecule has 18 heavy (non-hydrogen) atoms. The maximum atomic E-state index is 12.0. The van der Waals surface area contributed by atoms with Crippen molar-refractivity contribution < 1.29 is 4.79 Å². The van der Waals surface area contributed by atoms with Crippen LogP contribution in [0.3, 0.4) is 0 Å². The van der Waals surface area contributed by atoms with Crippen LogP contribution in [-0.4, -0.2) is 11.4 Å². The molecule has 0 radical (unpaired) electrons. The third-order valence-electron chi connectivity index (χ3n) is 3.16. The second-order valence-electron chi connectivity index (χ2n) is 4.90.